The summed E-state index contributed by atoms with van der Waals surface area (Å²) in [5.74, 6) is 0.632. The molecule has 6 fully saturated rings. The fourth-order valence-electron chi connectivity index (χ4n) is 21.3. The number of alkyl carbamates (subject to hydrolysis) is 4. The number of hydrogen-bond acceptors (Lipinski definition) is 18. The molecule has 28 heteroatoms. The third kappa shape index (κ3) is 22.0. The van der Waals surface area contributed by atoms with Crippen LogP contribution in [-0.2, 0) is 49.0 Å². The molecule has 0 spiro atoms. The second-order valence-electron chi connectivity index (χ2n) is 41.5. The van der Waals surface area contributed by atoms with E-state index in [0.717, 1.165) is 145 Å². The van der Waals surface area contributed by atoms with E-state index in [-0.39, 0.29) is 106 Å². The summed E-state index contributed by atoms with van der Waals surface area (Å²) in [5, 5.41) is 11.0. The number of amides is 8. The summed E-state index contributed by atoms with van der Waals surface area (Å²) in [6.45, 7) is 31.3. The van der Waals surface area contributed by atoms with Gasteiger partial charge in [-0.1, -0.05) is 230 Å². The topological polar surface area (TPSA) is 323 Å². The molecule has 8 aromatic rings. The molecular formula is C110H140N16O12. The van der Waals surface area contributed by atoms with Crippen molar-refractivity contribution in [3.8, 4) is 22.5 Å². The van der Waals surface area contributed by atoms with E-state index < -0.39 is 48.5 Å². The van der Waals surface area contributed by atoms with Gasteiger partial charge in [-0.15, -0.1) is 0 Å². The molecule has 6 aromatic carbocycles. The minimum Gasteiger partial charge on any atom is -0.453 e. The van der Waals surface area contributed by atoms with Crippen molar-refractivity contribution in [2.45, 2.75) is 270 Å². The van der Waals surface area contributed by atoms with Crippen LogP contribution in [0.3, 0.4) is 0 Å². The molecule has 0 unspecified atom stereocenters. The third-order valence-corrected chi connectivity index (χ3v) is 29.1. The monoisotopic (exact) mass is 1880 g/mol. The van der Waals surface area contributed by atoms with E-state index in [1.54, 1.807) is 0 Å². The summed E-state index contributed by atoms with van der Waals surface area (Å²) in [7, 11) is 5.23. The number of nitrogens with zero attached hydrogens (tertiary/aromatic N) is 10. The molecule has 8 aliphatic rings. The maximum absolute atomic E-state index is 13.8. The lowest BCUT2D eigenvalue weighted by atomic mass is 9.87. The number of anilines is 2. The van der Waals surface area contributed by atoms with E-state index >= 15 is 0 Å². The van der Waals surface area contributed by atoms with E-state index in [4.69, 9.17) is 38.9 Å². The first kappa shape index (κ1) is 99.6. The number of aromatic nitrogens is 4. The van der Waals surface area contributed by atoms with Gasteiger partial charge in [-0.05, 0) is 191 Å². The molecule has 16 rings (SSSR count). The zero-order chi connectivity index (χ0) is 98.3. The summed E-state index contributed by atoms with van der Waals surface area (Å²) in [5.41, 5.74) is 19.7. The molecule has 138 heavy (non-hydrogen) atoms. The van der Waals surface area contributed by atoms with Crippen LogP contribution in [0.4, 0.5) is 30.6 Å². The van der Waals surface area contributed by atoms with Gasteiger partial charge in [0.1, 0.15) is 35.8 Å². The number of H-pyrrole nitrogens is 2. The van der Waals surface area contributed by atoms with Crippen LogP contribution >= 0.6 is 0 Å². The Morgan fingerprint density at radius 3 is 0.841 bits per heavy atom. The summed E-state index contributed by atoms with van der Waals surface area (Å²) >= 11 is 0. The SMILES string of the molecule is COC(=O)N[C@H](C(=O)N1CCC[C@H]1C1=NC(c2ccc([C@@H]3CC[C@@H](c4ccc(-c5cnc([C@@H]6CCCN6C(=O)[C@@H](NC(=O)OC)C(C)C)[nH]5)cc4)N3c3ccc(C(C)(C)C)cc3)cc2)=CC1)C(C)C.COC(=O)N[C@H](C(=O)N1CCC[C@H]1C1=NC(c2ccc([C@H]3CC[C@H](c4ccc(-c5cnc([C@@H]6CCCN6C(=O)[C@@H](NC(=O)OC)C(C)C)[nH]5)cc4)N3c3ccc(C(C)(C)C)cc3)cc2)=CC1)C(C)C. The van der Waals surface area contributed by atoms with Crippen LogP contribution in [0.1, 0.15) is 279 Å². The number of methoxy groups -OCH3 is 4. The molecule has 0 saturated carbocycles. The van der Waals surface area contributed by atoms with Gasteiger partial charge >= 0.3 is 24.4 Å². The molecule has 6 N–H and O–H groups in total. The average molecular weight is 1880 g/mol. The van der Waals surface area contributed by atoms with Gasteiger partial charge in [-0.2, -0.15) is 0 Å². The Morgan fingerprint density at radius 1 is 0.333 bits per heavy atom. The average Bonchev–Trinajstić information content (AvgIpc) is 1.61. The minimum atomic E-state index is -0.693. The van der Waals surface area contributed by atoms with E-state index in [0.29, 0.717) is 39.0 Å². The lowest BCUT2D eigenvalue weighted by Crippen LogP contribution is -2.53. The maximum Gasteiger partial charge on any atom is 0.407 e. The number of nitrogens with one attached hydrogen (secondary N) is 6. The Balaban J connectivity index is 0.000000209. The molecule has 6 saturated heterocycles. The Kier molecular flexibility index (Phi) is 31.0. The lowest BCUT2D eigenvalue weighted by Gasteiger charge is -2.34. The minimum absolute atomic E-state index is 0.0331. The number of hydrogen-bond donors (Lipinski definition) is 6. The zero-order valence-electron chi connectivity index (χ0n) is 83.5. The molecule has 28 nitrogen and oxygen atoms in total. The first-order valence-corrected chi connectivity index (χ1v) is 49.6. The van der Waals surface area contributed by atoms with E-state index in [9.17, 15) is 38.4 Å². The Bertz CT molecular complexity index is 5430. The predicted octanol–water partition coefficient (Wildman–Crippen LogP) is 20.1. The van der Waals surface area contributed by atoms with Crippen LogP contribution in [0.15, 0.2) is 180 Å². The van der Waals surface area contributed by atoms with Crippen molar-refractivity contribution in [1.82, 2.24) is 60.8 Å². The highest BCUT2D eigenvalue weighted by Gasteiger charge is 2.45. The number of likely N-dealkylation sites (tertiary alicyclic amines) is 4. The number of carbonyl (C=O) groups excluding carboxylic acids is 8. The molecule has 8 aliphatic heterocycles. The zero-order valence-corrected chi connectivity index (χ0v) is 83.5. The Labute approximate surface area is 812 Å². The summed E-state index contributed by atoms with van der Waals surface area (Å²) in [4.78, 5) is 143. The molecule has 12 atom stereocenters. The van der Waals surface area contributed by atoms with Gasteiger partial charge in [-0.3, -0.25) is 29.2 Å². The molecule has 732 valence electrons. The molecule has 0 radical (unpaired) electrons. The van der Waals surface area contributed by atoms with Crippen molar-refractivity contribution >= 4 is 82.2 Å². The van der Waals surface area contributed by atoms with Crippen molar-refractivity contribution in [1.29, 1.82) is 0 Å². The number of imidazole rings is 2. The van der Waals surface area contributed by atoms with Gasteiger partial charge in [0.25, 0.3) is 0 Å². The van der Waals surface area contributed by atoms with Crippen LogP contribution in [0, 0.1) is 23.7 Å². The van der Waals surface area contributed by atoms with E-state index in [1.807, 2.05) is 87.4 Å². The van der Waals surface area contributed by atoms with Crippen molar-refractivity contribution in [2.24, 2.45) is 33.7 Å². The standard InChI is InChI=1S/2C55H70N8O6/c2*1-33(2)48(59-53(66)68-8)51(64)61-30-10-12-46(61)42-27-26-41(57-42)35-14-18-37(19-15-35)44-28-29-45(63(44)40-24-22-39(23-25-40)55(5,6)7)38-20-16-36(17-21-38)43-32-56-50(58-43)47-13-11-31-62(47)52(65)49(34(3)4)60-54(67)69-9/h2*14-26,32-34,44-49H,10-13,27-31H2,1-9H3,(H,56,58)(H,59,66)(H,60,67)/t44-,45-,46+,47+,48+,49+;44-,45-,46-,47-,48-,49-/m10/s1. The third-order valence-electron chi connectivity index (χ3n) is 29.1. The largest absolute Gasteiger partial charge is 0.453 e. The molecule has 8 amide bonds. The van der Waals surface area contributed by atoms with Crippen LogP contribution in [-0.4, -0.2) is 190 Å². The number of benzene rings is 6. The molecule has 2 aromatic heterocycles. The van der Waals surface area contributed by atoms with E-state index in [1.165, 1.54) is 73.2 Å². The molecule has 0 bridgehead atoms. The fourth-order valence-corrected chi connectivity index (χ4v) is 21.3. The van der Waals surface area contributed by atoms with Crippen LogP contribution in [0.25, 0.3) is 33.9 Å². The lowest BCUT2D eigenvalue weighted by molar-refractivity contribution is -0.136. The van der Waals surface area contributed by atoms with Gasteiger partial charge in [0, 0.05) is 61.8 Å². The number of carbonyl (C=O) groups is 8. The van der Waals surface area contributed by atoms with Gasteiger partial charge in [0.15, 0.2) is 0 Å². The van der Waals surface area contributed by atoms with Crippen LogP contribution in [0.2, 0.25) is 0 Å². The van der Waals surface area contributed by atoms with Gasteiger partial charge in [0.2, 0.25) is 23.6 Å². The second-order valence-corrected chi connectivity index (χ2v) is 41.5. The normalized spacial score (nSPS) is 21.3. The summed E-state index contributed by atoms with van der Waals surface area (Å²) in [6.07, 6.45) is 17.6. The predicted molar refractivity (Wildman–Crippen MR) is 539 cm³/mol. The quantitative estimate of drug-likeness (QED) is 0.0274. The van der Waals surface area contributed by atoms with Crippen molar-refractivity contribution in [3.05, 3.63) is 226 Å². The number of rotatable bonds is 26. The van der Waals surface area contributed by atoms with Crippen LogP contribution < -0.4 is 31.1 Å². The second kappa shape index (κ2) is 43.0. The van der Waals surface area contributed by atoms with Crippen LogP contribution in [0.5, 0.6) is 0 Å². The highest BCUT2D eigenvalue weighted by molar-refractivity contribution is 6.03. The highest BCUT2D eigenvalue weighted by Crippen LogP contribution is 2.51. The summed E-state index contributed by atoms with van der Waals surface area (Å²) in [6, 6.07) is 50.7. The number of aromatic amines is 2. The van der Waals surface area contributed by atoms with Gasteiger partial charge < -0.3 is 79.6 Å². The van der Waals surface area contributed by atoms with Crippen molar-refractivity contribution in [3.63, 3.8) is 0 Å². The first-order chi connectivity index (χ1) is 66.1. The van der Waals surface area contributed by atoms with E-state index in [2.05, 4.69) is 240 Å². The highest BCUT2D eigenvalue weighted by atomic mass is 16.6. The number of aliphatic imine (C=N–C) groups is 2. The molecule has 10 heterocycles. The smallest absolute Gasteiger partial charge is 0.407 e. The van der Waals surface area contributed by atoms with Gasteiger partial charge in [-0.25, -0.2) is 29.1 Å². The Hall–Kier alpha value is -12.9. The van der Waals surface area contributed by atoms with Gasteiger partial charge in [0.05, 0.1) is 112 Å². The van der Waals surface area contributed by atoms with Crippen molar-refractivity contribution < 1.29 is 57.3 Å². The molecule has 0 aliphatic carbocycles. The fraction of sp³-hybridized carbons (Fsp3) is 0.491. The Morgan fingerprint density at radius 2 is 0.587 bits per heavy atom. The number of allylic oxidation sites excluding steroid dienone is 2. The number of ether oxygens (including phenoxy) is 4. The summed E-state index contributed by atoms with van der Waals surface area (Å²) < 4.78 is 19.3. The first-order valence-electron chi connectivity index (χ1n) is 49.6. The van der Waals surface area contributed by atoms with Crippen molar-refractivity contribution in [2.75, 3.05) is 64.4 Å². The molecular weight excluding hydrogens is 1740 g/mol. The maximum atomic E-state index is 13.8.